The van der Waals surface area contributed by atoms with Crippen LogP contribution in [0, 0.1) is 5.92 Å². The van der Waals surface area contributed by atoms with Crippen molar-refractivity contribution in [3.63, 3.8) is 0 Å². The first kappa shape index (κ1) is 16.2. The van der Waals surface area contributed by atoms with E-state index in [1.807, 2.05) is 6.07 Å². The molecule has 4 heteroatoms. The van der Waals surface area contributed by atoms with E-state index in [1.165, 1.54) is 0 Å². The minimum atomic E-state index is -0.0971. The molecule has 0 aromatic carbocycles. The lowest BCUT2D eigenvalue weighted by molar-refractivity contribution is 0.533. The van der Waals surface area contributed by atoms with Crippen LogP contribution in [0.4, 0.5) is 5.82 Å². The third-order valence-corrected chi connectivity index (χ3v) is 3.03. The lowest BCUT2D eigenvalue weighted by atomic mass is 9.96. The number of aromatic nitrogens is 2. The molecule has 0 aliphatic carbocycles. The van der Waals surface area contributed by atoms with E-state index in [1.54, 1.807) is 0 Å². The minimum absolute atomic E-state index is 0.0971. The summed E-state index contributed by atoms with van der Waals surface area (Å²) >= 11 is 6.16. The summed E-state index contributed by atoms with van der Waals surface area (Å²) in [5, 5.41) is 0.518. The molecule has 1 aromatic heterocycles. The number of hydrogen-bond donors (Lipinski definition) is 0. The van der Waals surface area contributed by atoms with Gasteiger partial charge in [0, 0.05) is 24.1 Å². The summed E-state index contributed by atoms with van der Waals surface area (Å²) in [7, 11) is 0. The van der Waals surface area contributed by atoms with Crippen LogP contribution in [-0.2, 0) is 5.41 Å². The molecule has 0 aliphatic rings. The number of hydrogen-bond acceptors (Lipinski definition) is 3. The monoisotopic (exact) mass is 283 g/mol. The maximum atomic E-state index is 6.16. The Balaban J connectivity index is 3.20. The fourth-order valence-corrected chi connectivity index (χ4v) is 2.03. The van der Waals surface area contributed by atoms with Crippen molar-refractivity contribution in [2.24, 2.45) is 5.92 Å². The minimum Gasteiger partial charge on any atom is -0.354 e. The molecule has 0 amide bonds. The molecule has 0 unspecified atom stereocenters. The summed E-state index contributed by atoms with van der Waals surface area (Å²) in [4.78, 5) is 11.3. The zero-order valence-electron chi connectivity index (χ0n) is 13.2. The molecule has 108 valence electrons. The fraction of sp³-hybridized carbons (Fsp3) is 0.733. The highest BCUT2D eigenvalue weighted by Gasteiger charge is 2.21. The Morgan fingerprint density at radius 3 is 2.16 bits per heavy atom. The Kier molecular flexibility index (Phi) is 5.19. The SMILES string of the molecule is CC(C)CN(c1cc(Cl)nc(C(C)(C)C)n1)C(C)C. The Labute approximate surface area is 122 Å². The molecule has 0 atom stereocenters. The van der Waals surface area contributed by atoms with Crippen LogP contribution in [0.1, 0.15) is 54.3 Å². The van der Waals surface area contributed by atoms with E-state index in [0.717, 1.165) is 18.2 Å². The second-order valence-corrected chi connectivity index (χ2v) is 7.15. The van der Waals surface area contributed by atoms with E-state index in [4.69, 9.17) is 16.6 Å². The Hall–Kier alpha value is -0.830. The normalized spacial score (nSPS) is 12.3. The maximum Gasteiger partial charge on any atom is 0.137 e. The summed E-state index contributed by atoms with van der Waals surface area (Å²) < 4.78 is 0. The fourth-order valence-electron chi connectivity index (χ4n) is 1.85. The topological polar surface area (TPSA) is 29.0 Å². The zero-order chi connectivity index (χ0) is 14.8. The van der Waals surface area contributed by atoms with Gasteiger partial charge in [-0.2, -0.15) is 0 Å². The first-order valence-corrected chi connectivity index (χ1v) is 7.30. The van der Waals surface area contributed by atoms with Gasteiger partial charge in [-0.1, -0.05) is 46.2 Å². The van der Waals surface area contributed by atoms with Crippen LogP contribution in [0.2, 0.25) is 5.15 Å². The highest BCUT2D eigenvalue weighted by molar-refractivity contribution is 6.29. The molecule has 3 nitrogen and oxygen atoms in total. The standard InChI is InChI=1S/C15H26ClN3/c1-10(2)9-19(11(3)4)13-8-12(16)17-14(18-13)15(5,6)7/h8,10-11H,9H2,1-7H3. The molecule has 0 saturated carbocycles. The second-order valence-electron chi connectivity index (χ2n) is 6.76. The van der Waals surface area contributed by atoms with Crippen molar-refractivity contribution < 1.29 is 0 Å². The van der Waals surface area contributed by atoms with Gasteiger partial charge in [-0.3, -0.25) is 0 Å². The van der Waals surface area contributed by atoms with Crippen molar-refractivity contribution in [3.05, 3.63) is 17.0 Å². The van der Waals surface area contributed by atoms with E-state index >= 15 is 0 Å². The van der Waals surface area contributed by atoms with Crippen molar-refractivity contribution in [3.8, 4) is 0 Å². The number of anilines is 1. The molecule has 19 heavy (non-hydrogen) atoms. The van der Waals surface area contributed by atoms with Crippen LogP contribution in [0.5, 0.6) is 0 Å². The van der Waals surface area contributed by atoms with Crippen LogP contribution in [0.3, 0.4) is 0 Å². The molecule has 1 heterocycles. The van der Waals surface area contributed by atoms with Crippen LogP contribution in [0.25, 0.3) is 0 Å². The van der Waals surface area contributed by atoms with E-state index in [0.29, 0.717) is 17.1 Å². The maximum absolute atomic E-state index is 6.16. The molecule has 0 bridgehead atoms. The summed E-state index contributed by atoms with van der Waals surface area (Å²) in [6, 6.07) is 2.25. The van der Waals surface area contributed by atoms with E-state index in [-0.39, 0.29) is 5.41 Å². The van der Waals surface area contributed by atoms with Crippen LogP contribution in [0.15, 0.2) is 6.07 Å². The van der Waals surface area contributed by atoms with Crippen molar-refractivity contribution in [2.45, 2.75) is 59.9 Å². The van der Waals surface area contributed by atoms with Crippen LogP contribution in [-0.4, -0.2) is 22.6 Å². The molecule has 0 radical (unpaired) electrons. The van der Waals surface area contributed by atoms with Gasteiger partial charge < -0.3 is 4.90 Å². The average molecular weight is 284 g/mol. The third-order valence-electron chi connectivity index (χ3n) is 2.83. The van der Waals surface area contributed by atoms with Gasteiger partial charge in [0.1, 0.15) is 16.8 Å². The summed E-state index contributed by atoms with van der Waals surface area (Å²) in [5.74, 6) is 2.30. The lowest BCUT2D eigenvalue weighted by Gasteiger charge is -2.30. The molecule has 0 aliphatic heterocycles. The van der Waals surface area contributed by atoms with Gasteiger partial charge in [0.2, 0.25) is 0 Å². The highest BCUT2D eigenvalue weighted by Crippen LogP contribution is 2.25. The third kappa shape index (κ3) is 4.64. The van der Waals surface area contributed by atoms with Crippen molar-refractivity contribution in [1.82, 2.24) is 9.97 Å². The van der Waals surface area contributed by atoms with Crippen LogP contribution < -0.4 is 4.90 Å². The highest BCUT2D eigenvalue weighted by atomic mass is 35.5. The molecule has 1 aromatic rings. The van der Waals surface area contributed by atoms with Gasteiger partial charge in [-0.15, -0.1) is 0 Å². The average Bonchev–Trinajstić information content (AvgIpc) is 2.23. The quantitative estimate of drug-likeness (QED) is 0.772. The summed E-state index contributed by atoms with van der Waals surface area (Å²) in [6.45, 7) is 16.0. The van der Waals surface area contributed by atoms with Gasteiger partial charge in [0.25, 0.3) is 0 Å². The smallest absolute Gasteiger partial charge is 0.137 e. The first-order chi connectivity index (χ1) is 8.61. The number of halogens is 1. The van der Waals surface area contributed by atoms with Crippen molar-refractivity contribution >= 4 is 17.4 Å². The number of rotatable bonds is 4. The van der Waals surface area contributed by atoms with E-state index in [2.05, 4.69) is 58.4 Å². The molecule has 0 N–H and O–H groups in total. The van der Waals surface area contributed by atoms with E-state index in [9.17, 15) is 0 Å². The van der Waals surface area contributed by atoms with E-state index < -0.39 is 0 Å². The van der Waals surface area contributed by atoms with Gasteiger partial charge in [0.15, 0.2) is 0 Å². The van der Waals surface area contributed by atoms with Crippen LogP contribution >= 0.6 is 11.6 Å². The number of nitrogens with zero attached hydrogens (tertiary/aromatic N) is 3. The summed E-state index contributed by atoms with van der Waals surface area (Å²) in [6.07, 6.45) is 0. The molecule has 0 saturated heterocycles. The van der Waals surface area contributed by atoms with Crippen molar-refractivity contribution in [2.75, 3.05) is 11.4 Å². The molecule has 0 spiro atoms. The first-order valence-electron chi connectivity index (χ1n) is 6.93. The van der Waals surface area contributed by atoms with Crippen molar-refractivity contribution in [1.29, 1.82) is 0 Å². The van der Waals surface area contributed by atoms with Gasteiger partial charge in [-0.05, 0) is 19.8 Å². The lowest BCUT2D eigenvalue weighted by Crippen LogP contribution is -2.35. The van der Waals surface area contributed by atoms with Gasteiger partial charge in [-0.25, -0.2) is 9.97 Å². The predicted molar refractivity (Wildman–Crippen MR) is 83.1 cm³/mol. The predicted octanol–water partition coefficient (Wildman–Crippen LogP) is 4.30. The second kappa shape index (κ2) is 6.08. The van der Waals surface area contributed by atoms with Gasteiger partial charge >= 0.3 is 0 Å². The Bertz CT molecular complexity index is 422. The summed E-state index contributed by atoms with van der Waals surface area (Å²) in [5.41, 5.74) is -0.0971. The molecular weight excluding hydrogens is 258 g/mol. The largest absolute Gasteiger partial charge is 0.354 e. The molecule has 0 fully saturated rings. The Morgan fingerprint density at radius 1 is 1.16 bits per heavy atom. The zero-order valence-corrected chi connectivity index (χ0v) is 13.9. The van der Waals surface area contributed by atoms with Gasteiger partial charge in [0.05, 0.1) is 0 Å². The molecular formula is C15H26ClN3. The molecule has 1 rings (SSSR count). The Morgan fingerprint density at radius 2 is 1.74 bits per heavy atom.